The van der Waals surface area contributed by atoms with Crippen molar-refractivity contribution in [3.8, 4) is 0 Å². The second-order valence-corrected chi connectivity index (χ2v) is 11.6. The number of aliphatic hydroxyl groups excluding tert-OH is 1. The van der Waals surface area contributed by atoms with E-state index in [1.165, 1.54) is 0 Å². The molecule has 0 spiro atoms. The molecular weight excluding hydrogens is 476 g/mol. The number of hydrogen-bond donors (Lipinski definition) is 6. The molecule has 1 amide bonds. The summed E-state index contributed by atoms with van der Waals surface area (Å²) >= 11 is 0. The van der Waals surface area contributed by atoms with Crippen LogP contribution in [0.3, 0.4) is 0 Å². The van der Waals surface area contributed by atoms with Crippen molar-refractivity contribution in [1.82, 2.24) is 10.6 Å². The Bertz CT molecular complexity index is 976. The van der Waals surface area contributed by atoms with Gasteiger partial charge in [0.15, 0.2) is 0 Å². The van der Waals surface area contributed by atoms with Crippen LogP contribution in [0.25, 0.3) is 0 Å². The molecule has 3 rings (SSSR count). The Morgan fingerprint density at radius 2 is 1.86 bits per heavy atom. The van der Waals surface area contributed by atoms with Crippen LogP contribution in [-0.2, 0) is 6.42 Å². The molecule has 2 aromatic rings. The first-order valence-corrected chi connectivity index (χ1v) is 14.6. The molecule has 0 saturated carbocycles. The molecule has 1 heterocycles. The molecule has 1 saturated heterocycles. The molecule has 1 aliphatic rings. The Hall–Kier alpha value is -2.30. The maximum absolute atomic E-state index is 13.5. The third kappa shape index (κ3) is 7.85. The average molecular weight is 519 g/mol. The molecule has 1 fully saturated rings. The Balaban J connectivity index is 1.85. The smallest absolute Gasteiger partial charge is 0.251 e. The lowest BCUT2D eigenvalue weighted by Gasteiger charge is -2.47. The van der Waals surface area contributed by atoms with E-state index in [9.17, 15) is 19.0 Å². The lowest BCUT2D eigenvalue weighted by molar-refractivity contribution is 0.0825. The highest BCUT2D eigenvalue weighted by Crippen LogP contribution is 2.50. The molecule has 6 N–H and O–H groups in total. The van der Waals surface area contributed by atoms with Gasteiger partial charge in [0.2, 0.25) is 0 Å². The van der Waals surface area contributed by atoms with Gasteiger partial charge >= 0.3 is 0 Å². The molecule has 2 aromatic carbocycles. The summed E-state index contributed by atoms with van der Waals surface area (Å²) in [7, 11) is -2.92. The van der Waals surface area contributed by atoms with Crippen LogP contribution >= 0.6 is 10.8 Å². The Kier molecular flexibility index (Phi) is 10.4. The summed E-state index contributed by atoms with van der Waals surface area (Å²) < 4.78 is 22.9. The maximum atomic E-state index is 13.5. The van der Waals surface area contributed by atoms with Crippen LogP contribution in [0.5, 0.6) is 0 Å². The van der Waals surface area contributed by atoms with Crippen molar-refractivity contribution in [3.63, 3.8) is 0 Å². The van der Waals surface area contributed by atoms with Gasteiger partial charge in [-0.05, 0) is 63.3 Å². The van der Waals surface area contributed by atoms with Crippen molar-refractivity contribution < 1.29 is 19.0 Å². The second kappa shape index (κ2) is 13.3. The summed E-state index contributed by atoms with van der Waals surface area (Å²) in [6.45, 7) is 7.67. The van der Waals surface area contributed by atoms with Gasteiger partial charge in [-0.2, -0.15) is 0 Å². The fourth-order valence-corrected chi connectivity index (χ4v) is 5.99. The normalized spacial score (nSPS) is 18.7. The molecule has 8 nitrogen and oxygen atoms in total. The molecule has 3 atom stereocenters. The summed E-state index contributed by atoms with van der Waals surface area (Å²) in [5, 5.41) is 20.6. The molecule has 0 aliphatic carbocycles. The summed E-state index contributed by atoms with van der Waals surface area (Å²) in [5.74, 6) is 0.0158. The number of amides is 1. The quantitative estimate of drug-likeness (QED) is 0.245. The lowest BCUT2D eigenvalue weighted by atomic mass is 10.00. The fourth-order valence-electron chi connectivity index (χ4n) is 4.31. The molecule has 36 heavy (non-hydrogen) atoms. The minimum Gasteiger partial charge on any atom is -0.390 e. The standard InChI is InChI=1S/C27H42N4O4S/c1-4-20(3)29-19-26(32)25(15-21-11-7-6-8-12-21)30-27(33)22-16-23(28-5-2)18-24(17-22)31-13-9-10-14-36(31,34)35/h6-8,11-12,16-18,20,25-26,28-29,32,34-35H,4-5,9-10,13-15,19H2,1-3H3,(H,30,33). The van der Waals surface area contributed by atoms with E-state index < -0.39 is 22.9 Å². The van der Waals surface area contributed by atoms with E-state index >= 15 is 0 Å². The van der Waals surface area contributed by atoms with E-state index in [-0.39, 0.29) is 11.9 Å². The number of benzene rings is 2. The van der Waals surface area contributed by atoms with Crippen LogP contribution < -0.4 is 20.3 Å². The van der Waals surface area contributed by atoms with E-state index in [0.717, 1.165) is 30.5 Å². The van der Waals surface area contributed by atoms with Crippen molar-refractivity contribution >= 4 is 28.1 Å². The second-order valence-electron chi connectivity index (χ2n) is 9.50. The summed E-state index contributed by atoms with van der Waals surface area (Å²) in [4.78, 5) is 13.5. The summed E-state index contributed by atoms with van der Waals surface area (Å²) in [6.07, 6.45) is 2.27. The molecule has 0 aromatic heterocycles. The van der Waals surface area contributed by atoms with Crippen molar-refractivity contribution in [2.45, 2.75) is 64.6 Å². The van der Waals surface area contributed by atoms with Crippen molar-refractivity contribution in [2.24, 2.45) is 0 Å². The highest BCUT2D eigenvalue weighted by molar-refractivity contribution is 8.25. The minimum atomic E-state index is -2.92. The van der Waals surface area contributed by atoms with E-state index in [0.29, 0.717) is 43.1 Å². The first-order valence-electron chi connectivity index (χ1n) is 12.9. The van der Waals surface area contributed by atoms with Crippen LogP contribution in [0.1, 0.15) is 56.0 Å². The zero-order chi connectivity index (χ0) is 26.1. The van der Waals surface area contributed by atoms with Gasteiger partial charge in [0.25, 0.3) is 5.91 Å². The van der Waals surface area contributed by atoms with E-state index in [1.807, 2.05) is 43.3 Å². The predicted molar refractivity (Wildman–Crippen MR) is 150 cm³/mol. The Morgan fingerprint density at radius 3 is 2.53 bits per heavy atom. The first-order chi connectivity index (χ1) is 17.2. The molecule has 1 aliphatic heterocycles. The maximum Gasteiger partial charge on any atom is 0.251 e. The average Bonchev–Trinajstić information content (AvgIpc) is 2.87. The Morgan fingerprint density at radius 1 is 1.11 bits per heavy atom. The zero-order valence-electron chi connectivity index (χ0n) is 21.6. The Labute approximate surface area is 217 Å². The van der Waals surface area contributed by atoms with Gasteiger partial charge in [-0.15, -0.1) is 10.8 Å². The first kappa shape index (κ1) is 28.3. The number of hydrogen-bond acceptors (Lipinski definition) is 7. The number of rotatable bonds is 12. The summed E-state index contributed by atoms with van der Waals surface area (Å²) in [5.41, 5.74) is 2.77. The minimum absolute atomic E-state index is 0.261. The van der Waals surface area contributed by atoms with Crippen LogP contribution in [0.4, 0.5) is 11.4 Å². The zero-order valence-corrected chi connectivity index (χ0v) is 22.4. The van der Waals surface area contributed by atoms with Crippen molar-refractivity contribution in [1.29, 1.82) is 0 Å². The predicted octanol–water partition coefficient (Wildman–Crippen LogP) is 4.47. The molecule has 0 bridgehead atoms. The van der Waals surface area contributed by atoms with E-state index in [2.05, 4.69) is 29.8 Å². The highest BCUT2D eigenvalue weighted by Gasteiger charge is 2.28. The number of nitrogens with one attached hydrogen (secondary N) is 3. The van der Waals surface area contributed by atoms with E-state index in [1.54, 1.807) is 16.4 Å². The van der Waals surface area contributed by atoms with Gasteiger partial charge in [0, 0.05) is 36.9 Å². The molecular formula is C27H42N4O4S. The van der Waals surface area contributed by atoms with Gasteiger partial charge in [-0.25, -0.2) is 0 Å². The molecule has 9 heteroatoms. The lowest BCUT2D eigenvalue weighted by Crippen LogP contribution is -2.49. The van der Waals surface area contributed by atoms with Crippen LogP contribution in [0.2, 0.25) is 0 Å². The molecule has 0 radical (unpaired) electrons. The van der Waals surface area contributed by atoms with Gasteiger partial charge in [-0.1, -0.05) is 37.3 Å². The van der Waals surface area contributed by atoms with Crippen LogP contribution in [0, 0.1) is 0 Å². The van der Waals surface area contributed by atoms with Gasteiger partial charge in [0.1, 0.15) is 0 Å². The van der Waals surface area contributed by atoms with Crippen LogP contribution in [0.15, 0.2) is 48.5 Å². The fraction of sp³-hybridized carbons (Fsp3) is 0.519. The molecule has 200 valence electrons. The number of carbonyl (C=O) groups excluding carboxylic acids is 1. The summed E-state index contributed by atoms with van der Waals surface area (Å²) in [6, 6.07) is 14.9. The SMILES string of the molecule is CCNc1cc(C(=O)NC(Cc2ccccc2)C(O)CNC(C)CC)cc(N2CCCCS2(O)O)c1. The van der Waals surface area contributed by atoms with Crippen LogP contribution in [-0.4, -0.2) is 63.7 Å². The highest BCUT2D eigenvalue weighted by atomic mass is 32.3. The monoisotopic (exact) mass is 518 g/mol. The number of aliphatic hydroxyl groups is 1. The van der Waals surface area contributed by atoms with Crippen molar-refractivity contribution in [2.75, 3.05) is 35.0 Å². The number of nitrogens with zero attached hydrogens (tertiary/aromatic N) is 1. The van der Waals surface area contributed by atoms with Gasteiger partial charge < -0.3 is 21.1 Å². The third-order valence-electron chi connectivity index (χ3n) is 6.60. The third-order valence-corrected chi connectivity index (χ3v) is 8.53. The topological polar surface area (TPSA) is 117 Å². The van der Waals surface area contributed by atoms with Gasteiger partial charge in [-0.3, -0.25) is 18.2 Å². The number of carbonyl (C=O) groups is 1. The number of anilines is 2. The van der Waals surface area contributed by atoms with E-state index in [4.69, 9.17) is 0 Å². The largest absolute Gasteiger partial charge is 0.390 e. The van der Waals surface area contributed by atoms with Crippen molar-refractivity contribution in [3.05, 3.63) is 59.7 Å². The van der Waals surface area contributed by atoms with Gasteiger partial charge in [0.05, 0.1) is 23.6 Å². The molecule has 3 unspecified atom stereocenters.